The van der Waals surface area contributed by atoms with E-state index in [1.165, 1.54) is 17.0 Å². The highest BCUT2D eigenvalue weighted by atomic mass is 16.5. The summed E-state index contributed by atoms with van der Waals surface area (Å²) >= 11 is 0. The maximum absolute atomic E-state index is 13.2. The van der Waals surface area contributed by atoms with Gasteiger partial charge in [-0.05, 0) is 65.9 Å². The second-order valence-corrected chi connectivity index (χ2v) is 9.06. The number of aromatic nitrogens is 1. The van der Waals surface area contributed by atoms with Crippen LogP contribution in [-0.4, -0.2) is 38.4 Å². The lowest BCUT2D eigenvalue weighted by atomic mass is 9.94. The van der Waals surface area contributed by atoms with E-state index in [1.807, 2.05) is 13.0 Å². The molecule has 0 bridgehead atoms. The van der Waals surface area contributed by atoms with Gasteiger partial charge in [0.2, 0.25) is 0 Å². The first-order chi connectivity index (χ1) is 16.8. The summed E-state index contributed by atoms with van der Waals surface area (Å²) in [5.74, 6) is -0.602. The van der Waals surface area contributed by atoms with E-state index in [-0.39, 0.29) is 23.6 Å². The number of aliphatic hydroxyl groups is 1. The van der Waals surface area contributed by atoms with Crippen LogP contribution in [0.5, 0.6) is 11.5 Å². The van der Waals surface area contributed by atoms with Crippen molar-refractivity contribution in [3.63, 3.8) is 0 Å². The number of likely N-dealkylation sites (tertiary alicyclic amines) is 1. The number of aliphatic hydroxyl groups excluding tert-OH is 1. The van der Waals surface area contributed by atoms with E-state index in [4.69, 9.17) is 4.74 Å². The molecule has 4 rings (SSSR count). The number of carbonyl (C=O) groups excluding carboxylic acids is 2. The van der Waals surface area contributed by atoms with Crippen molar-refractivity contribution in [2.45, 2.75) is 33.4 Å². The molecule has 1 atom stereocenters. The van der Waals surface area contributed by atoms with Gasteiger partial charge < -0.3 is 19.8 Å². The Kier molecular flexibility index (Phi) is 6.87. The molecule has 1 unspecified atom stereocenters. The van der Waals surface area contributed by atoms with Gasteiger partial charge in [0.25, 0.3) is 11.7 Å². The van der Waals surface area contributed by atoms with Crippen LogP contribution in [0.2, 0.25) is 0 Å². The van der Waals surface area contributed by atoms with Crippen LogP contribution < -0.4 is 4.74 Å². The highest BCUT2D eigenvalue weighted by Crippen LogP contribution is 2.41. The molecule has 1 aliphatic heterocycles. The van der Waals surface area contributed by atoms with Gasteiger partial charge in [0.1, 0.15) is 17.3 Å². The Hall–Kier alpha value is -4.13. The molecule has 1 fully saturated rings. The third-order valence-electron chi connectivity index (χ3n) is 5.85. The van der Waals surface area contributed by atoms with Crippen LogP contribution in [0.15, 0.2) is 72.6 Å². The molecule has 7 heteroatoms. The summed E-state index contributed by atoms with van der Waals surface area (Å²) < 4.78 is 5.83. The van der Waals surface area contributed by atoms with Gasteiger partial charge in [0.15, 0.2) is 0 Å². The second-order valence-electron chi connectivity index (χ2n) is 9.06. The van der Waals surface area contributed by atoms with Crippen molar-refractivity contribution in [2.75, 3.05) is 6.61 Å². The molecule has 1 aliphatic rings. The lowest BCUT2D eigenvalue weighted by molar-refractivity contribution is -0.140. The lowest BCUT2D eigenvalue weighted by Gasteiger charge is -2.25. The zero-order valence-electron chi connectivity index (χ0n) is 19.9. The molecule has 2 N–H and O–H groups in total. The number of phenolic OH excluding ortho intramolecular Hbond substituents is 1. The molecule has 1 amide bonds. The van der Waals surface area contributed by atoms with Crippen LogP contribution in [0, 0.1) is 12.8 Å². The molecule has 35 heavy (non-hydrogen) atoms. The van der Waals surface area contributed by atoms with E-state index < -0.39 is 17.7 Å². The molecule has 0 saturated carbocycles. The highest BCUT2D eigenvalue weighted by Gasteiger charge is 2.46. The fraction of sp³-hybridized carbons (Fsp3) is 0.250. The number of aryl methyl sites for hydroxylation is 1. The Morgan fingerprint density at radius 1 is 1.11 bits per heavy atom. The predicted molar refractivity (Wildman–Crippen MR) is 132 cm³/mol. The van der Waals surface area contributed by atoms with Gasteiger partial charge in [-0.15, -0.1) is 0 Å². The first kappa shape index (κ1) is 24.0. The Balaban J connectivity index is 1.78. The molecule has 180 valence electrons. The number of amides is 1. The quantitative estimate of drug-likeness (QED) is 0.292. The van der Waals surface area contributed by atoms with Crippen molar-refractivity contribution in [3.05, 3.63) is 94.8 Å². The molecular formula is C28H28N2O5. The average molecular weight is 473 g/mol. The predicted octanol–water partition coefficient (Wildman–Crippen LogP) is 4.75. The first-order valence-corrected chi connectivity index (χ1v) is 11.5. The molecule has 0 spiro atoms. The summed E-state index contributed by atoms with van der Waals surface area (Å²) in [5.41, 5.74) is 2.57. The van der Waals surface area contributed by atoms with E-state index in [0.717, 1.165) is 11.1 Å². The molecule has 3 aromatic rings. The van der Waals surface area contributed by atoms with Gasteiger partial charge in [0.05, 0.1) is 18.2 Å². The topological polar surface area (TPSA) is 100.0 Å². The van der Waals surface area contributed by atoms with Crippen molar-refractivity contribution < 1.29 is 24.5 Å². The van der Waals surface area contributed by atoms with E-state index in [2.05, 4.69) is 18.8 Å². The Morgan fingerprint density at radius 3 is 2.49 bits per heavy atom. The molecule has 0 radical (unpaired) electrons. The molecular weight excluding hydrogens is 444 g/mol. The maximum Gasteiger partial charge on any atom is 0.295 e. The van der Waals surface area contributed by atoms with Crippen molar-refractivity contribution in [2.24, 2.45) is 5.92 Å². The van der Waals surface area contributed by atoms with Crippen LogP contribution in [0.25, 0.3) is 5.76 Å². The molecule has 0 aliphatic carbocycles. The number of hydrogen-bond donors (Lipinski definition) is 2. The van der Waals surface area contributed by atoms with Crippen LogP contribution in [0.1, 0.15) is 42.1 Å². The number of ketones is 1. The number of hydrogen-bond acceptors (Lipinski definition) is 6. The first-order valence-electron chi connectivity index (χ1n) is 11.5. The number of carbonyl (C=O) groups is 2. The van der Waals surface area contributed by atoms with Gasteiger partial charge in [-0.1, -0.05) is 32.0 Å². The smallest absolute Gasteiger partial charge is 0.295 e. The second kappa shape index (κ2) is 10.0. The van der Waals surface area contributed by atoms with Crippen LogP contribution >= 0.6 is 0 Å². The van der Waals surface area contributed by atoms with Gasteiger partial charge in [-0.25, -0.2) is 0 Å². The molecule has 2 heterocycles. The third kappa shape index (κ3) is 5.04. The van der Waals surface area contributed by atoms with E-state index >= 15 is 0 Å². The van der Waals surface area contributed by atoms with Crippen molar-refractivity contribution in [1.29, 1.82) is 0 Å². The van der Waals surface area contributed by atoms with Crippen molar-refractivity contribution in [1.82, 2.24) is 9.88 Å². The minimum Gasteiger partial charge on any atom is -0.508 e. The SMILES string of the molecule is Cc1cc(/C(O)=C2/C(=O)C(=O)N(Cc3cccnc3)C2c2ccc(O)cc2)ccc1OCC(C)C. The maximum atomic E-state index is 13.2. The number of phenols is 1. The van der Waals surface area contributed by atoms with E-state index in [9.17, 15) is 19.8 Å². The Bertz CT molecular complexity index is 1270. The summed E-state index contributed by atoms with van der Waals surface area (Å²) in [5, 5.41) is 21.1. The van der Waals surface area contributed by atoms with E-state index in [0.29, 0.717) is 29.4 Å². The largest absolute Gasteiger partial charge is 0.508 e. The highest BCUT2D eigenvalue weighted by molar-refractivity contribution is 6.46. The van der Waals surface area contributed by atoms with Crippen LogP contribution in [0.3, 0.4) is 0 Å². The number of aromatic hydroxyl groups is 1. The van der Waals surface area contributed by atoms with Crippen LogP contribution in [-0.2, 0) is 16.1 Å². The summed E-state index contributed by atoms with van der Waals surface area (Å²) in [6, 6.07) is 14.2. The summed E-state index contributed by atoms with van der Waals surface area (Å²) in [6.07, 6.45) is 3.26. The minimum atomic E-state index is -0.826. The molecule has 1 aromatic heterocycles. The number of benzene rings is 2. The molecule has 7 nitrogen and oxygen atoms in total. The average Bonchev–Trinajstić information content (AvgIpc) is 3.09. The fourth-order valence-corrected chi connectivity index (χ4v) is 4.11. The standard InChI is InChI=1S/C28H28N2O5/c1-17(2)16-35-23-11-8-21(13-18(23)3)26(32)24-25(20-6-9-22(31)10-7-20)30(28(34)27(24)33)15-19-5-4-12-29-14-19/h4-14,17,25,31-32H,15-16H2,1-3H3/b26-24-. The number of Topliss-reactive ketones (excluding diaryl/α,β-unsaturated/α-hetero) is 1. The number of nitrogens with zero attached hydrogens (tertiary/aromatic N) is 2. The van der Waals surface area contributed by atoms with Gasteiger partial charge in [-0.3, -0.25) is 14.6 Å². The Morgan fingerprint density at radius 2 is 1.86 bits per heavy atom. The van der Waals surface area contributed by atoms with Crippen molar-refractivity contribution >= 4 is 17.4 Å². The normalized spacial score (nSPS) is 17.3. The lowest BCUT2D eigenvalue weighted by Crippen LogP contribution is -2.29. The molecule has 2 aromatic carbocycles. The summed E-state index contributed by atoms with van der Waals surface area (Å²) in [6.45, 7) is 6.69. The van der Waals surface area contributed by atoms with Crippen LogP contribution in [0.4, 0.5) is 0 Å². The zero-order valence-corrected chi connectivity index (χ0v) is 19.9. The zero-order chi connectivity index (χ0) is 25.1. The van der Waals surface area contributed by atoms with Gasteiger partial charge >= 0.3 is 0 Å². The van der Waals surface area contributed by atoms with Gasteiger partial charge in [-0.2, -0.15) is 0 Å². The summed E-state index contributed by atoms with van der Waals surface area (Å²) in [4.78, 5) is 31.8. The monoisotopic (exact) mass is 472 g/mol. The van der Waals surface area contributed by atoms with Gasteiger partial charge in [0, 0.05) is 24.5 Å². The number of ether oxygens (including phenoxy) is 1. The summed E-state index contributed by atoms with van der Waals surface area (Å²) in [7, 11) is 0. The van der Waals surface area contributed by atoms with E-state index in [1.54, 1.807) is 48.8 Å². The third-order valence-corrected chi connectivity index (χ3v) is 5.85. The number of rotatable bonds is 7. The fourth-order valence-electron chi connectivity index (χ4n) is 4.11. The minimum absolute atomic E-state index is 0.000158. The molecule has 1 saturated heterocycles. The van der Waals surface area contributed by atoms with Crippen molar-refractivity contribution in [3.8, 4) is 11.5 Å². The Labute approximate surface area is 204 Å². The number of pyridine rings is 1.